The first-order chi connectivity index (χ1) is 14.4. The molecule has 0 saturated heterocycles. The number of nitrogens with zero attached hydrogens (tertiary/aromatic N) is 3. The third-order valence-corrected chi connectivity index (χ3v) is 5.44. The predicted molar refractivity (Wildman–Crippen MR) is 105 cm³/mol. The molecule has 0 fully saturated rings. The number of H-pyrrole nitrogens is 1. The van der Waals surface area contributed by atoms with Gasteiger partial charge < -0.3 is 14.3 Å². The third kappa shape index (κ3) is 4.95. The molecule has 4 rings (SSSR count). The Labute approximate surface area is 172 Å². The molecule has 1 N–H and O–H groups in total. The van der Waals surface area contributed by atoms with Gasteiger partial charge in [0.05, 0.1) is 39.9 Å². The van der Waals surface area contributed by atoms with Gasteiger partial charge in [0.15, 0.2) is 5.16 Å². The van der Waals surface area contributed by atoms with Crippen molar-refractivity contribution in [1.29, 1.82) is 0 Å². The highest BCUT2D eigenvalue weighted by atomic mass is 32.2. The number of aromatic amines is 1. The summed E-state index contributed by atoms with van der Waals surface area (Å²) >= 11 is 0. The van der Waals surface area contributed by atoms with Gasteiger partial charge >= 0.3 is 6.18 Å². The Morgan fingerprint density at radius 3 is 2.70 bits per heavy atom. The minimum Gasteiger partial charge on any atom is -0.367 e. The molecule has 1 unspecified atom stereocenters. The number of benzene rings is 1. The second-order valence-electron chi connectivity index (χ2n) is 6.59. The summed E-state index contributed by atoms with van der Waals surface area (Å²) in [5.41, 5.74) is 3.40. The lowest BCUT2D eigenvalue weighted by Crippen LogP contribution is -2.16. The van der Waals surface area contributed by atoms with Gasteiger partial charge in [-0.05, 0) is 48.0 Å². The first-order valence-electron chi connectivity index (χ1n) is 8.97. The van der Waals surface area contributed by atoms with Gasteiger partial charge in [-0.15, -0.1) is 0 Å². The van der Waals surface area contributed by atoms with Crippen molar-refractivity contribution in [2.75, 3.05) is 6.61 Å². The van der Waals surface area contributed by atoms with E-state index in [1.165, 1.54) is 6.20 Å². The Kier molecular flexibility index (Phi) is 5.69. The van der Waals surface area contributed by atoms with Crippen molar-refractivity contribution >= 4 is 21.8 Å². The average molecular weight is 434 g/mol. The van der Waals surface area contributed by atoms with Gasteiger partial charge in [-0.25, -0.2) is 4.98 Å². The van der Waals surface area contributed by atoms with Crippen LogP contribution in [0.4, 0.5) is 13.2 Å². The number of imidazole rings is 1. The van der Waals surface area contributed by atoms with E-state index >= 15 is 0 Å². The minimum absolute atomic E-state index is 0.0807. The molecule has 0 saturated carbocycles. The molecule has 1 aromatic carbocycles. The highest BCUT2D eigenvalue weighted by Crippen LogP contribution is 2.20. The van der Waals surface area contributed by atoms with Crippen LogP contribution in [-0.4, -0.2) is 36.5 Å². The topological polar surface area (TPSA) is 72.8 Å². The molecular formula is C20H17F3N4O2S. The smallest absolute Gasteiger partial charge is 0.367 e. The van der Waals surface area contributed by atoms with E-state index in [9.17, 15) is 17.4 Å². The lowest BCUT2D eigenvalue weighted by molar-refractivity contribution is -0.176. The van der Waals surface area contributed by atoms with Crippen LogP contribution in [0.2, 0.25) is 0 Å². The van der Waals surface area contributed by atoms with Crippen molar-refractivity contribution < 1.29 is 22.1 Å². The number of hydrogen-bond acceptors (Lipinski definition) is 4. The normalized spacial score (nSPS) is 13.0. The van der Waals surface area contributed by atoms with E-state index in [4.69, 9.17) is 0 Å². The maximum atomic E-state index is 12.7. The van der Waals surface area contributed by atoms with E-state index in [-0.39, 0.29) is 12.4 Å². The van der Waals surface area contributed by atoms with Crippen molar-refractivity contribution in [2.45, 2.75) is 23.7 Å². The number of hydrogen-bond donors (Lipinski definition) is 1. The van der Waals surface area contributed by atoms with E-state index in [2.05, 4.69) is 19.7 Å². The van der Waals surface area contributed by atoms with Crippen LogP contribution >= 0.6 is 0 Å². The largest absolute Gasteiger partial charge is 0.411 e. The van der Waals surface area contributed by atoms with Crippen molar-refractivity contribution in [3.63, 3.8) is 0 Å². The fraction of sp³-hybridized carbons (Fsp3) is 0.200. The minimum atomic E-state index is -4.38. The van der Waals surface area contributed by atoms with Crippen molar-refractivity contribution in [1.82, 2.24) is 19.5 Å². The summed E-state index contributed by atoms with van der Waals surface area (Å²) in [7, 11) is -1.50. The lowest BCUT2D eigenvalue weighted by atomic mass is 10.2. The molecule has 0 aliphatic rings. The van der Waals surface area contributed by atoms with Crippen molar-refractivity contribution in [2.24, 2.45) is 0 Å². The predicted octanol–water partition coefficient (Wildman–Crippen LogP) is 4.14. The summed E-state index contributed by atoms with van der Waals surface area (Å²) in [4.78, 5) is 11.6. The maximum absolute atomic E-state index is 12.7. The molecule has 30 heavy (non-hydrogen) atoms. The van der Waals surface area contributed by atoms with Crippen molar-refractivity contribution in [3.05, 3.63) is 72.3 Å². The maximum Gasteiger partial charge on any atom is 0.411 e. The van der Waals surface area contributed by atoms with Gasteiger partial charge in [0, 0.05) is 24.3 Å². The second kappa shape index (κ2) is 8.41. The molecule has 0 spiro atoms. The molecule has 0 aliphatic heterocycles. The van der Waals surface area contributed by atoms with Crippen LogP contribution in [0.5, 0.6) is 0 Å². The van der Waals surface area contributed by atoms with Crippen LogP contribution in [0.3, 0.4) is 0 Å². The van der Waals surface area contributed by atoms with E-state index in [1.807, 2.05) is 47.3 Å². The number of aromatic nitrogens is 4. The molecule has 156 valence electrons. The molecule has 0 aliphatic carbocycles. The summed E-state index contributed by atoms with van der Waals surface area (Å²) in [6.07, 6.45) is 0.933. The van der Waals surface area contributed by atoms with E-state index in [0.29, 0.717) is 21.9 Å². The monoisotopic (exact) mass is 434 g/mol. The highest BCUT2D eigenvalue weighted by Gasteiger charge is 2.27. The molecule has 3 heterocycles. The fourth-order valence-corrected chi connectivity index (χ4v) is 3.92. The zero-order valence-electron chi connectivity index (χ0n) is 15.6. The average Bonchev–Trinajstić information content (AvgIpc) is 3.36. The van der Waals surface area contributed by atoms with Crippen LogP contribution in [0.1, 0.15) is 11.3 Å². The zero-order chi connectivity index (χ0) is 21.1. The van der Waals surface area contributed by atoms with Gasteiger partial charge in [0.1, 0.15) is 6.61 Å². The molecule has 4 aromatic rings. The van der Waals surface area contributed by atoms with Crippen LogP contribution in [0.25, 0.3) is 16.7 Å². The Balaban J connectivity index is 1.46. The standard InChI is InChI=1S/C20H17F3N4O2S/c21-20(22,23)13-29-11-14-5-6-24-15(9-14)12-30(28)19-25-17-4-3-16(10-18(17)26-19)27-7-1-2-8-27/h1-10H,11-13H2,(H,25,26). The number of fused-ring (bicyclic) bond motifs is 1. The van der Waals surface area contributed by atoms with Crippen LogP contribution in [0.15, 0.2) is 66.2 Å². The Hall–Kier alpha value is -2.98. The van der Waals surface area contributed by atoms with Gasteiger partial charge in [-0.1, -0.05) is 0 Å². The number of rotatable bonds is 7. The number of halogens is 3. The van der Waals surface area contributed by atoms with Gasteiger partial charge in [-0.2, -0.15) is 13.2 Å². The van der Waals surface area contributed by atoms with Gasteiger partial charge in [0.2, 0.25) is 0 Å². The van der Waals surface area contributed by atoms with Crippen LogP contribution in [0, 0.1) is 0 Å². The third-order valence-electron chi connectivity index (χ3n) is 4.26. The van der Waals surface area contributed by atoms with E-state index in [1.54, 1.807) is 12.1 Å². The van der Waals surface area contributed by atoms with E-state index in [0.717, 1.165) is 11.2 Å². The molecule has 10 heteroatoms. The highest BCUT2D eigenvalue weighted by molar-refractivity contribution is 7.84. The number of ether oxygens (including phenoxy) is 1. The summed E-state index contributed by atoms with van der Waals surface area (Å²) in [6, 6.07) is 12.7. The molecule has 0 radical (unpaired) electrons. The van der Waals surface area contributed by atoms with E-state index < -0.39 is 23.6 Å². The van der Waals surface area contributed by atoms with Gasteiger partial charge in [0.25, 0.3) is 0 Å². The summed E-state index contributed by atoms with van der Waals surface area (Å²) in [6.45, 7) is -1.52. The molecule has 6 nitrogen and oxygen atoms in total. The van der Waals surface area contributed by atoms with Gasteiger partial charge in [-0.3, -0.25) is 9.19 Å². The number of pyridine rings is 1. The first-order valence-corrected chi connectivity index (χ1v) is 10.3. The fourth-order valence-electron chi connectivity index (χ4n) is 2.93. The van der Waals surface area contributed by atoms with Crippen LogP contribution < -0.4 is 0 Å². The Morgan fingerprint density at radius 2 is 1.93 bits per heavy atom. The second-order valence-corrected chi connectivity index (χ2v) is 7.95. The summed E-state index contributed by atoms with van der Waals surface area (Å²) < 4.78 is 56.0. The molecule has 0 bridgehead atoms. The molecule has 3 aromatic heterocycles. The van der Waals surface area contributed by atoms with Crippen molar-refractivity contribution in [3.8, 4) is 5.69 Å². The summed E-state index contributed by atoms with van der Waals surface area (Å²) in [5.74, 6) is 0.0807. The molecule has 1 atom stereocenters. The summed E-state index contributed by atoms with van der Waals surface area (Å²) in [5, 5.41) is 0.315. The number of alkyl halides is 3. The first kappa shape index (κ1) is 20.3. The lowest BCUT2D eigenvalue weighted by Gasteiger charge is -2.08. The Morgan fingerprint density at radius 1 is 1.13 bits per heavy atom. The number of nitrogens with one attached hydrogen (secondary N) is 1. The molecule has 0 amide bonds. The Bertz CT molecular complexity index is 1170. The van der Waals surface area contributed by atoms with Crippen LogP contribution in [-0.2, 0) is 27.9 Å². The molecular weight excluding hydrogens is 417 g/mol. The zero-order valence-corrected chi connectivity index (χ0v) is 16.4. The quantitative estimate of drug-likeness (QED) is 0.475. The SMILES string of the molecule is O=S(Cc1cc(COCC(F)(F)F)ccn1)c1nc2ccc(-n3cccc3)cc2[nH]1.